The first kappa shape index (κ1) is 21.6. The van der Waals surface area contributed by atoms with E-state index in [0.717, 1.165) is 83.7 Å². The molecule has 7 nitrogen and oxygen atoms in total. The van der Waals surface area contributed by atoms with Crippen molar-refractivity contribution in [3.63, 3.8) is 0 Å². The lowest BCUT2D eigenvalue weighted by molar-refractivity contribution is 0.0608. The number of thiophene rings is 1. The predicted molar refractivity (Wildman–Crippen MR) is 137 cm³/mol. The van der Waals surface area contributed by atoms with Crippen molar-refractivity contribution in [2.45, 2.75) is 51.6 Å². The van der Waals surface area contributed by atoms with E-state index in [1.54, 1.807) is 11.3 Å². The molecule has 6 rings (SSSR count). The molecule has 2 aliphatic rings. The van der Waals surface area contributed by atoms with Crippen LogP contribution in [0.2, 0.25) is 0 Å². The number of benzene rings is 1. The fourth-order valence-corrected chi connectivity index (χ4v) is 6.34. The number of aromatic nitrogens is 3. The van der Waals surface area contributed by atoms with Crippen LogP contribution in [0.15, 0.2) is 35.8 Å². The van der Waals surface area contributed by atoms with Crippen LogP contribution in [0.3, 0.4) is 0 Å². The number of nitrogens with two attached hydrogens (primary N) is 1. The Morgan fingerprint density at radius 1 is 1.15 bits per heavy atom. The SMILES string of the molecule is Cc1ccc2scc(C(=O)N3CCCC[C@H]3c3cc4nc(N5CC[C@H](N)C5)c(C)cn4n3)c2c1. The molecule has 0 saturated carbocycles. The second-order valence-electron chi connectivity index (χ2n) is 9.77. The van der Waals surface area contributed by atoms with Crippen LogP contribution in [0.25, 0.3) is 15.7 Å². The molecule has 176 valence electrons. The number of hydrogen-bond donors (Lipinski definition) is 1. The highest BCUT2D eigenvalue weighted by atomic mass is 32.1. The van der Waals surface area contributed by atoms with E-state index in [1.165, 1.54) is 5.56 Å². The van der Waals surface area contributed by atoms with Crippen molar-refractivity contribution < 1.29 is 4.79 Å². The molecular weight excluding hydrogens is 444 g/mol. The summed E-state index contributed by atoms with van der Waals surface area (Å²) < 4.78 is 3.02. The van der Waals surface area contributed by atoms with E-state index in [1.807, 2.05) is 14.8 Å². The number of rotatable bonds is 3. The van der Waals surface area contributed by atoms with Gasteiger partial charge in [0.05, 0.1) is 17.3 Å². The van der Waals surface area contributed by atoms with E-state index in [2.05, 4.69) is 49.2 Å². The Morgan fingerprint density at radius 3 is 2.85 bits per heavy atom. The lowest BCUT2D eigenvalue weighted by Gasteiger charge is -2.34. The fourth-order valence-electron chi connectivity index (χ4n) is 5.43. The normalized spacial score (nSPS) is 21.1. The van der Waals surface area contributed by atoms with E-state index >= 15 is 0 Å². The van der Waals surface area contributed by atoms with Gasteiger partial charge in [-0.3, -0.25) is 4.79 Å². The molecule has 0 unspecified atom stereocenters. The number of nitrogens with zero attached hydrogens (tertiary/aromatic N) is 5. The summed E-state index contributed by atoms with van der Waals surface area (Å²) in [5, 5.41) is 7.96. The molecule has 2 N–H and O–H groups in total. The van der Waals surface area contributed by atoms with Crippen LogP contribution in [-0.2, 0) is 0 Å². The largest absolute Gasteiger partial charge is 0.355 e. The molecule has 0 radical (unpaired) electrons. The zero-order chi connectivity index (χ0) is 23.4. The van der Waals surface area contributed by atoms with Crippen molar-refractivity contribution in [2.24, 2.45) is 5.73 Å². The van der Waals surface area contributed by atoms with Gasteiger partial charge in [0, 0.05) is 59.0 Å². The van der Waals surface area contributed by atoms with Crippen LogP contribution in [0.5, 0.6) is 0 Å². The minimum Gasteiger partial charge on any atom is -0.355 e. The minimum atomic E-state index is -0.0355. The topological polar surface area (TPSA) is 79.8 Å². The first-order chi connectivity index (χ1) is 16.5. The number of hydrogen-bond acceptors (Lipinski definition) is 6. The molecule has 0 spiro atoms. The average Bonchev–Trinajstić information content (AvgIpc) is 3.55. The summed E-state index contributed by atoms with van der Waals surface area (Å²) in [7, 11) is 0. The van der Waals surface area contributed by atoms with E-state index in [0.29, 0.717) is 0 Å². The number of piperidine rings is 1. The quantitative estimate of drug-likeness (QED) is 0.474. The van der Waals surface area contributed by atoms with Gasteiger partial charge < -0.3 is 15.5 Å². The summed E-state index contributed by atoms with van der Waals surface area (Å²) in [6.45, 7) is 6.68. The maximum Gasteiger partial charge on any atom is 0.255 e. The van der Waals surface area contributed by atoms with Crippen molar-refractivity contribution in [3.8, 4) is 0 Å². The van der Waals surface area contributed by atoms with Crippen LogP contribution in [0, 0.1) is 13.8 Å². The van der Waals surface area contributed by atoms with Crippen molar-refractivity contribution in [2.75, 3.05) is 24.5 Å². The molecule has 0 bridgehead atoms. The first-order valence-electron chi connectivity index (χ1n) is 12.1. The number of carbonyl (C=O) groups is 1. The van der Waals surface area contributed by atoms with Crippen molar-refractivity contribution >= 4 is 38.8 Å². The van der Waals surface area contributed by atoms with Gasteiger partial charge in [-0.25, -0.2) is 9.50 Å². The monoisotopic (exact) mass is 474 g/mol. The minimum absolute atomic E-state index is 0.0355. The molecule has 2 saturated heterocycles. The van der Waals surface area contributed by atoms with Crippen LogP contribution < -0.4 is 10.6 Å². The highest BCUT2D eigenvalue weighted by Crippen LogP contribution is 2.35. The first-order valence-corrected chi connectivity index (χ1v) is 13.0. The Bertz CT molecular complexity index is 1390. The Kier molecular flexibility index (Phi) is 5.30. The number of carbonyl (C=O) groups excluding carboxylic acids is 1. The molecule has 2 atom stereocenters. The average molecular weight is 475 g/mol. The van der Waals surface area contributed by atoms with Gasteiger partial charge in [-0.15, -0.1) is 11.3 Å². The number of anilines is 1. The zero-order valence-electron chi connectivity index (χ0n) is 19.7. The molecule has 5 heterocycles. The highest BCUT2D eigenvalue weighted by Gasteiger charge is 2.32. The van der Waals surface area contributed by atoms with E-state index in [-0.39, 0.29) is 18.0 Å². The summed E-state index contributed by atoms with van der Waals surface area (Å²) in [6.07, 6.45) is 6.08. The summed E-state index contributed by atoms with van der Waals surface area (Å²) in [5.41, 5.74) is 10.9. The molecular formula is C26H30N6OS. The van der Waals surface area contributed by atoms with E-state index < -0.39 is 0 Å². The maximum atomic E-state index is 13.8. The van der Waals surface area contributed by atoms with Crippen molar-refractivity contribution in [3.05, 3.63) is 58.2 Å². The predicted octanol–water partition coefficient (Wildman–Crippen LogP) is 4.47. The lowest BCUT2D eigenvalue weighted by atomic mass is 9.98. The molecule has 2 fully saturated rings. The lowest BCUT2D eigenvalue weighted by Crippen LogP contribution is -2.38. The van der Waals surface area contributed by atoms with Gasteiger partial charge >= 0.3 is 0 Å². The van der Waals surface area contributed by atoms with Gasteiger partial charge in [0.2, 0.25) is 0 Å². The Morgan fingerprint density at radius 2 is 2.03 bits per heavy atom. The summed E-state index contributed by atoms with van der Waals surface area (Å²) in [5.74, 6) is 1.10. The molecule has 3 aromatic heterocycles. The number of fused-ring (bicyclic) bond motifs is 2. The Labute approximate surface area is 203 Å². The Hall–Kier alpha value is -2.97. The second kappa shape index (κ2) is 8.36. The molecule has 4 aromatic rings. The third-order valence-corrected chi connectivity index (χ3v) is 8.18. The van der Waals surface area contributed by atoms with E-state index in [9.17, 15) is 4.79 Å². The van der Waals surface area contributed by atoms with Crippen LogP contribution in [0.1, 0.15) is 58.9 Å². The molecule has 34 heavy (non-hydrogen) atoms. The number of amides is 1. The van der Waals surface area contributed by atoms with Gasteiger partial charge in [-0.1, -0.05) is 11.6 Å². The van der Waals surface area contributed by atoms with Crippen LogP contribution in [-0.4, -0.2) is 51.1 Å². The molecule has 2 aliphatic heterocycles. The number of likely N-dealkylation sites (tertiary alicyclic amines) is 1. The van der Waals surface area contributed by atoms with Crippen molar-refractivity contribution in [1.82, 2.24) is 19.5 Å². The standard InChI is InChI=1S/C26H30N6OS/c1-16-6-7-23-19(11-16)20(15-34-23)26(33)31-9-4-3-5-22(31)21-12-24-28-25(17(2)13-32(24)29-21)30-10-8-18(27)14-30/h6-7,11-13,15,18,22H,3-5,8-10,14,27H2,1-2H3/t18-,22-/m0/s1. The molecule has 1 amide bonds. The Balaban J connectivity index is 1.35. The maximum absolute atomic E-state index is 13.8. The summed E-state index contributed by atoms with van der Waals surface area (Å²) >= 11 is 1.64. The summed E-state index contributed by atoms with van der Waals surface area (Å²) in [6, 6.07) is 8.57. The van der Waals surface area contributed by atoms with Gasteiger partial charge in [0.25, 0.3) is 5.91 Å². The van der Waals surface area contributed by atoms with E-state index in [4.69, 9.17) is 15.8 Å². The van der Waals surface area contributed by atoms with Gasteiger partial charge in [-0.05, 0) is 51.7 Å². The van der Waals surface area contributed by atoms with Crippen molar-refractivity contribution in [1.29, 1.82) is 0 Å². The summed E-state index contributed by atoms with van der Waals surface area (Å²) in [4.78, 5) is 23.0. The molecule has 1 aromatic carbocycles. The van der Waals surface area contributed by atoms with Crippen LogP contribution >= 0.6 is 11.3 Å². The fraction of sp³-hybridized carbons (Fsp3) is 0.423. The van der Waals surface area contributed by atoms with Gasteiger partial charge in [-0.2, -0.15) is 5.10 Å². The smallest absolute Gasteiger partial charge is 0.255 e. The number of aryl methyl sites for hydroxylation is 2. The van der Waals surface area contributed by atoms with Gasteiger partial charge in [0.15, 0.2) is 5.65 Å². The molecule has 0 aliphatic carbocycles. The second-order valence-corrected chi connectivity index (χ2v) is 10.7. The highest BCUT2D eigenvalue weighted by molar-refractivity contribution is 7.17. The zero-order valence-corrected chi connectivity index (χ0v) is 20.5. The molecule has 8 heteroatoms. The third-order valence-electron chi connectivity index (χ3n) is 7.21. The van der Waals surface area contributed by atoms with Crippen LogP contribution in [0.4, 0.5) is 5.82 Å². The van der Waals surface area contributed by atoms with Gasteiger partial charge in [0.1, 0.15) is 5.82 Å². The third kappa shape index (κ3) is 3.65.